The van der Waals surface area contributed by atoms with E-state index in [0.29, 0.717) is 6.04 Å². The van der Waals surface area contributed by atoms with Gasteiger partial charge >= 0.3 is 0 Å². The van der Waals surface area contributed by atoms with Gasteiger partial charge in [-0.3, -0.25) is 9.30 Å². The molecule has 19 heavy (non-hydrogen) atoms. The molecule has 0 saturated carbocycles. The summed E-state index contributed by atoms with van der Waals surface area (Å²) in [5.41, 5.74) is 1.19. The number of nitrogens with one attached hydrogen (secondary N) is 1. The first kappa shape index (κ1) is 13.1. The standard InChI is InChI=1S/C14H22N4S/c1-11(2)7-12-8-17(4-3-15-12)9-13-10-18-5-6-19-14(18)16-13/h5-6,10-12,15H,3-4,7-9H2,1-2H3. The third-order valence-electron chi connectivity index (χ3n) is 3.62. The zero-order valence-electron chi connectivity index (χ0n) is 11.7. The van der Waals surface area contributed by atoms with E-state index in [0.717, 1.165) is 37.1 Å². The fourth-order valence-electron chi connectivity index (χ4n) is 2.85. The second-order valence-electron chi connectivity index (χ2n) is 5.84. The topological polar surface area (TPSA) is 32.6 Å². The molecule has 1 fully saturated rings. The van der Waals surface area contributed by atoms with Crippen molar-refractivity contribution in [2.45, 2.75) is 32.9 Å². The van der Waals surface area contributed by atoms with Crippen LogP contribution in [0.2, 0.25) is 0 Å². The van der Waals surface area contributed by atoms with Gasteiger partial charge in [0.1, 0.15) is 0 Å². The van der Waals surface area contributed by atoms with Crippen LogP contribution in [0.5, 0.6) is 0 Å². The van der Waals surface area contributed by atoms with Gasteiger partial charge in [-0.1, -0.05) is 13.8 Å². The van der Waals surface area contributed by atoms with Crippen molar-refractivity contribution in [1.82, 2.24) is 19.6 Å². The smallest absolute Gasteiger partial charge is 0.193 e. The summed E-state index contributed by atoms with van der Waals surface area (Å²) >= 11 is 1.70. The minimum atomic E-state index is 0.637. The molecule has 1 N–H and O–H groups in total. The molecule has 5 heteroatoms. The lowest BCUT2D eigenvalue weighted by atomic mass is 10.0. The lowest BCUT2D eigenvalue weighted by Gasteiger charge is -2.34. The maximum Gasteiger partial charge on any atom is 0.193 e. The summed E-state index contributed by atoms with van der Waals surface area (Å²) in [7, 11) is 0. The fraction of sp³-hybridized carbons (Fsp3) is 0.643. The van der Waals surface area contributed by atoms with E-state index in [1.165, 1.54) is 12.1 Å². The van der Waals surface area contributed by atoms with Crippen LogP contribution in [0.25, 0.3) is 4.96 Å². The van der Waals surface area contributed by atoms with Gasteiger partial charge in [0.2, 0.25) is 0 Å². The first-order valence-electron chi connectivity index (χ1n) is 7.07. The van der Waals surface area contributed by atoms with Gasteiger partial charge in [-0.15, -0.1) is 11.3 Å². The van der Waals surface area contributed by atoms with E-state index in [4.69, 9.17) is 0 Å². The van der Waals surface area contributed by atoms with Crippen molar-refractivity contribution in [2.75, 3.05) is 19.6 Å². The van der Waals surface area contributed by atoms with Gasteiger partial charge in [-0.25, -0.2) is 4.98 Å². The average molecular weight is 278 g/mol. The van der Waals surface area contributed by atoms with Crippen molar-refractivity contribution < 1.29 is 0 Å². The van der Waals surface area contributed by atoms with Crippen LogP contribution in [0.3, 0.4) is 0 Å². The Morgan fingerprint density at radius 1 is 1.53 bits per heavy atom. The van der Waals surface area contributed by atoms with E-state index in [9.17, 15) is 0 Å². The molecule has 0 radical (unpaired) electrons. The summed E-state index contributed by atoms with van der Waals surface area (Å²) in [5.74, 6) is 0.760. The number of thiazole rings is 1. The Kier molecular flexibility index (Phi) is 3.86. The Morgan fingerprint density at radius 2 is 2.42 bits per heavy atom. The number of fused-ring (bicyclic) bond motifs is 1. The zero-order valence-corrected chi connectivity index (χ0v) is 12.5. The monoisotopic (exact) mass is 278 g/mol. The highest BCUT2D eigenvalue weighted by molar-refractivity contribution is 7.15. The molecular weight excluding hydrogens is 256 g/mol. The van der Waals surface area contributed by atoms with Crippen molar-refractivity contribution in [3.63, 3.8) is 0 Å². The number of hydrogen-bond acceptors (Lipinski definition) is 4. The molecule has 3 rings (SSSR count). The number of aromatic nitrogens is 2. The minimum absolute atomic E-state index is 0.637. The molecule has 1 saturated heterocycles. The number of piperazine rings is 1. The lowest BCUT2D eigenvalue weighted by Crippen LogP contribution is -2.50. The van der Waals surface area contributed by atoms with Gasteiger partial charge in [-0.05, 0) is 12.3 Å². The SMILES string of the molecule is CC(C)CC1CN(Cc2cn3ccsc3n2)CCN1. The Hall–Kier alpha value is -0.910. The van der Waals surface area contributed by atoms with Gasteiger partial charge in [0.15, 0.2) is 4.96 Å². The van der Waals surface area contributed by atoms with E-state index in [2.05, 4.69) is 51.2 Å². The Bertz CT molecular complexity index is 502. The van der Waals surface area contributed by atoms with Crippen LogP contribution in [-0.4, -0.2) is 40.0 Å². The van der Waals surface area contributed by atoms with Gasteiger partial charge in [0.05, 0.1) is 5.69 Å². The van der Waals surface area contributed by atoms with E-state index < -0.39 is 0 Å². The van der Waals surface area contributed by atoms with Gasteiger partial charge in [0, 0.05) is 50.0 Å². The number of rotatable bonds is 4. The zero-order chi connectivity index (χ0) is 13.2. The predicted molar refractivity (Wildman–Crippen MR) is 79.6 cm³/mol. The molecular formula is C14H22N4S. The average Bonchev–Trinajstić information content (AvgIpc) is 2.89. The van der Waals surface area contributed by atoms with E-state index >= 15 is 0 Å². The second-order valence-corrected chi connectivity index (χ2v) is 6.71. The first-order chi connectivity index (χ1) is 9.20. The van der Waals surface area contributed by atoms with Crippen LogP contribution in [-0.2, 0) is 6.54 Å². The van der Waals surface area contributed by atoms with Gasteiger partial charge < -0.3 is 5.32 Å². The van der Waals surface area contributed by atoms with Crippen LogP contribution in [0.15, 0.2) is 17.8 Å². The van der Waals surface area contributed by atoms with Crippen molar-refractivity contribution >= 4 is 16.3 Å². The summed E-state index contributed by atoms with van der Waals surface area (Å²) in [6, 6.07) is 0.637. The highest BCUT2D eigenvalue weighted by atomic mass is 32.1. The molecule has 1 atom stereocenters. The Labute approximate surface area is 118 Å². The molecule has 3 heterocycles. The summed E-state index contributed by atoms with van der Waals surface area (Å²) in [4.78, 5) is 8.30. The molecule has 104 valence electrons. The quantitative estimate of drug-likeness (QED) is 0.931. The molecule has 1 aliphatic rings. The van der Waals surface area contributed by atoms with Crippen LogP contribution in [0, 0.1) is 5.92 Å². The molecule has 2 aromatic heterocycles. The number of nitrogens with zero attached hydrogens (tertiary/aromatic N) is 3. The van der Waals surface area contributed by atoms with E-state index in [1.807, 2.05) is 0 Å². The number of imidazole rings is 1. The maximum atomic E-state index is 4.67. The molecule has 0 amide bonds. The molecule has 4 nitrogen and oxygen atoms in total. The minimum Gasteiger partial charge on any atom is -0.311 e. The molecule has 1 aliphatic heterocycles. The van der Waals surface area contributed by atoms with Crippen molar-refractivity contribution in [3.05, 3.63) is 23.5 Å². The van der Waals surface area contributed by atoms with Crippen LogP contribution >= 0.6 is 11.3 Å². The molecule has 0 bridgehead atoms. The van der Waals surface area contributed by atoms with Crippen molar-refractivity contribution in [2.24, 2.45) is 5.92 Å². The fourth-order valence-corrected chi connectivity index (χ4v) is 3.57. The number of hydrogen-bond donors (Lipinski definition) is 1. The molecule has 0 aliphatic carbocycles. The second kappa shape index (κ2) is 5.61. The Balaban J connectivity index is 1.61. The van der Waals surface area contributed by atoms with Crippen LogP contribution in [0.4, 0.5) is 0 Å². The summed E-state index contributed by atoms with van der Waals surface area (Å²) in [5, 5.41) is 5.70. The lowest BCUT2D eigenvalue weighted by molar-refractivity contribution is 0.178. The van der Waals surface area contributed by atoms with E-state index in [-0.39, 0.29) is 0 Å². The van der Waals surface area contributed by atoms with Crippen molar-refractivity contribution in [1.29, 1.82) is 0 Å². The van der Waals surface area contributed by atoms with Crippen LogP contribution < -0.4 is 5.32 Å². The highest BCUT2D eigenvalue weighted by Gasteiger charge is 2.20. The largest absolute Gasteiger partial charge is 0.311 e. The summed E-state index contributed by atoms with van der Waals surface area (Å²) in [6.07, 6.45) is 5.50. The molecule has 2 aromatic rings. The Morgan fingerprint density at radius 3 is 3.21 bits per heavy atom. The molecule has 1 unspecified atom stereocenters. The van der Waals surface area contributed by atoms with Crippen LogP contribution in [0.1, 0.15) is 26.0 Å². The summed E-state index contributed by atoms with van der Waals surface area (Å²) < 4.78 is 2.12. The third-order valence-corrected chi connectivity index (χ3v) is 4.40. The highest BCUT2D eigenvalue weighted by Crippen LogP contribution is 2.15. The molecule has 0 aromatic carbocycles. The summed E-state index contributed by atoms with van der Waals surface area (Å²) in [6.45, 7) is 8.93. The van der Waals surface area contributed by atoms with Gasteiger partial charge in [-0.2, -0.15) is 0 Å². The maximum absolute atomic E-state index is 4.67. The van der Waals surface area contributed by atoms with Crippen molar-refractivity contribution in [3.8, 4) is 0 Å². The normalized spacial score (nSPS) is 21.5. The first-order valence-corrected chi connectivity index (χ1v) is 7.95. The van der Waals surface area contributed by atoms with Gasteiger partial charge in [0.25, 0.3) is 0 Å². The third kappa shape index (κ3) is 3.16. The van der Waals surface area contributed by atoms with E-state index in [1.54, 1.807) is 11.3 Å². The predicted octanol–water partition coefficient (Wildman–Crippen LogP) is 2.22. The molecule has 0 spiro atoms.